The second-order valence-corrected chi connectivity index (χ2v) is 5.78. The summed E-state index contributed by atoms with van der Waals surface area (Å²) in [6.45, 7) is 3.10. The van der Waals surface area contributed by atoms with Crippen LogP contribution < -0.4 is 15.5 Å². The number of anilines is 3. The topological polar surface area (TPSA) is 88.6 Å². The van der Waals surface area contributed by atoms with Crippen molar-refractivity contribution in [2.45, 2.75) is 13.0 Å². The molecule has 0 saturated carbocycles. The lowest BCUT2D eigenvalue weighted by Gasteiger charge is -2.23. The summed E-state index contributed by atoms with van der Waals surface area (Å²) >= 11 is 0. The number of amides is 2. The van der Waals surface area contributed by atoms with Gasteiger partial charge in [0.1, 0.15) is 11.6 Å². The Kier molecular flexibility index (Phi) is 7.90. The predicted molar refractivity (Wildman–Crippen MR) is 101 cm³/mol. The van der Waals surface area contributed by atoms with Crippen LogP contribution in [0.4, 0.5) is 26.6 Å². The molecule has 2 N–H and O–H groups in total. The van der Waals surface area contributed by atoms with Crippen LogP contribution in [0.3, 0.4) is 0 Å². The largest absolute Gasteiger partial charge is 0.383 e. The number of hydrogen-bond acceptors (Lipinski definition) is 6. The van der Waals surface area contributed by atoms with E-state index in [0.29, 0.717) is 37.2 Å². The molecule has 0 fully saturated rings. The third-order valence-corrected chi connectivity index (χ3v) is 3.53. The molecule has 0 aliphatic carbocycles. The highest BCUT2D eigenvalue weighted by Crippen LogP contribution is 2.24. The molecule has 8 nitrogen and oxygen atoms in total. The fourth-order valence-electron chi connectivity index (χ4n) is 2.34. The third-order valence-electron chi connectivity index (χ3n) is 3.53. The highest BCUT2D eigenvalue weighted by molar-refractivity contribution is 5.98. The van der Waals surface area contributed by atoms with E-state index in [9.17, 15) is 9.18 Å². The van der Waals surface area contributed by atoms with Gasteiger partial charge in [-0.3, -0.25) is 0 Å². The third kappa shape index (κ3) is 6.15. The summed E-state index contributed by atoms with van der Waals surface area (Å²) in [5.74, 6) is 0.310. The minimum absolute atomic E-state index is 0.0138. The molecule has 0 saturated heterocycles. The molecule has 1 aromatic carbocycles. The molecule has 1 atom stereocenters. The maximum atomic E-state index is 13.3. The van der Waals surface area contributed by atoms with Crippen LogP contribution in [-0.2, 0) is 9.47 Å². The Labute approximate surface area is 157 Å². The normalized spacial score (nSPS) is 11.7. The van der Waals surface area contributed by atoms with Crippen molar-refractivity contribution in [1.29, 1.82) is 0 Å². The van der Waals surface area contributed by atoms with Crippen molar-refractivity contribution in [3.8, 4) is 0 Å². The number of methoxy groups -OCH3 is 2. The Morgan fingerprint density at radius 3 is 2.63 bits per heavy atom. The first-order valence-electron chi connectivity index (χ1n) is 8.46. The van der Waals surface area contributed by atoms with Crippen molar-refractivity contribution in [3.05, 3.63) is 42.3 Å². The van der Waals surface area contributed by atoms with Gasteiger partial charge in [0, 0.05) is 39.1 Å². The van der Waals surface area contributed by atoms with E-state index in [1.54, 1.807) is 26.5 Å². The maximum Gasteiger partial charge on any atom is 0.327 e. The predicted octanol–water partition coefficient (Wildman–Crippen LogP) is 2.56. The van der Waals surface area contributed by atoms with Gasteiger partial charge in [-0.15, -0.1) is 0 Å². The van der Waals surface area contributed by atoms with E-state index in [0.717, 1.165) is 0 Å². The molecule has 1 aromatic heterocycles. The highest BCUT2D eigenvalue weighted by atomic mass is 19.1. The van der Waals surface area contributed by atoms with Crippen molar-refractivity contribution in [3.63, 3.8) is 0 Å². The lowest BCUT2D eigenvalue weighted by atomic mass is 10.3. The van der Waals surface area contributed by atoms with E-state index in [4.69, 9.17) is 9.47 Å². The molecule has 27 heavy (non-hydrogen) atoms. The van der Waals surface area contributed by atoms with E-state index in [-0.39, 0.29) is 6.04 Å². The van der Waals surface area contributed by atoms with Crippen LogP contribution in [0, 0.1) is 5.82 Å². The van der Waals surface area contributed by atoms with Gasteiger partial charge in [0.2, 0.25) is 5.95 Å². The number of rotatable bonds is 9. The zero-order chi connectivity index (χ0) is 19.6. The number of nitrogens with zero attached hydrogens (tertiary/aromatic N) is 3. The average molecular weight is 377 g/mol. The van der Waals surface area contributed by atoms with Gasteiger partial charge < -0.3 is 20.1 Å². The molecule has 146 valence electrons. The first kappa shape index (κ1) is 20.5. The van der Waals surface area contributed by atoms with Crippen molar-refractivity contribution in [2.75, 3.05) is 44.2 Å². The van der Waals surface area contributed by atoms with Crippen LogP contribution in [0.25, 0.3) is 0 Å². The number of aromatic nitrogens is 2. The lowest BCUT2D eigenvalue weighted by molar-refractivity contribution is 0.190. The van der Waals surface area contributed by atoms with Crippen LogP contribution in [-0.4, -0.2) is 56.0 Å². The maximum absolute atomic E-state index is 13.3. The van der Waals surface area contributed by atoms with Crippen LogP contribution in [0.2, 0.25) is 0 Å². The molecule has 2 amide bonds. The number of nitrogens with one attached hydrogen (secondary N) is 2. The van der Waals surface area contributed by atoms with Gasteiger partial charge in [-0.05, 0) is 31.2 Å². The standard InChI is InChI=1S/C18H24FN5O3/c1-13(12-27-3)22-17-20-9-8-16(23-17)24(18(25)21-10-11-26-2)15-6-4-14(19)5-7-15/h4-9,13H,10-12H2,1-3H3,(H,21,25)(H,20,22,23). The number of ether oxygens (including phenoxy) is 2. The quantitative estimate of drug-likeness (QED) is 0.653. The van der Waals surface area contributed by atoms with Crippen molar-refractivity contribution >= 4 is 23.5 Å². The summed E-state index contributed by atoms with van der Waals surface area (Å²) in [5.41, 5.74) is 0.473. The Bertz CT molecular complexity index is 729. The van der Waals surface area contributed by atoms with Crippen molar-refractivity contribution in [2.24, 2.45) is 0 Å². The summed E-state index contributed by atoms with van der Waals surface area (Å²) < 4.78 is 23.3. The number of carbonyl (C=O) groups is 1. The fourth-order valence-corrected chi connectivity index (χ4v) is 2.34. The van der Waals surface area contributed by atoms with Crippen LogP contribution in [0.15, 0.2) is 36.5 Å². The van der Waals surface area contributed by atoms with E-state index < -0.39 is 11.8 Å². The monoisotopic (exact) mass is 377 g/mol. The van der Waals surface area contributed by atoms with Crippen LogP contribution >= 0.6 is 0 Å². The zero-order valence-corrected chi connectivity index (χ0v) is 15.6. The van der Waals surface area contributed by atoms with Gasteiger partial charge in [-0.1, -0.05) is 0 Å². The SMILES string of the molecule is COCCNC(=O)N(c1ccc(F)cc1)c1ccnc(NC(C)COC)n1. The first-order chi connectivity index (χ1) is 13.0. The Hall–Kier alpha value is -2.78. The number of hydrogen-bond donors (Lipinski definition) is 2. The second-order valence-electron chi connectivity index (χ2n) is 5.78. The minimum Gasteiger partial charge on any atom is -0.383 e. The summed E-state index contributed by atoms with van der Waals surface area (Å²) in [5, 5.41) is 5.85. The number of urea groups is 1. The molecular formula is C18H24FN5O3. The molecule has 0 spiro atoms. The zero-order valence-electron chi connectivity index (χ0n) is 15.6. The summed E-state index contributed by atoms with van der Waals surface area (Å²) in [4.78, 5) is 22.6. The molecule has 0 aliphatic rings. The summed E-state index contributed by atoms with van der Waals surface area (Å²) in [6.07, 6.45) is 1.54. The average Bonchev–Trinajstić information content (AvgIpc) is 2.64. The van der Waals surface area contributed by atoms with Gasteiger partial charge in [0.25, 0.3) is 0 Å². The second kappa shape index (κ2) is 10.4. The number of halogens is 1. The Morgan fingerprint density at radius 2 is 1.96 bits per heavy atom. The first-order valence-corrected chi connectivity index (χ1v) is 8.46. The molecule has 0 aliphatic heterocycles. The van der Waals surface area contributed by atoms with Gasteiger partial charge in [0.05, 0.1) is 18.9 Å². The van der Waals surface area contributed by atoms with E-state index in [1.807, 2.05) is 6.92 Å². The molecule has 0 radical (unpaired) electrons. The number of benzene rings is 1. The summed E-state index contributed by atoms with van der Waals surface area (Å²) in [6, 6.07) is 6.76. The fraction of sp³-hybridized carbons (Fsp3) is 0.389. The van der Waals surface area contributed by atoms with Gasteiger partial charge >= 0.3 is 6.03 Å². The van der Waals surface area contributed by atoms with Crippen LogP contribution in [0.1, 0.15) is 6.92 Å². The van der Waals surface area contributed by atoms with Crippen LogP contribution in [0.5, 0.6) is 0 Å². The van der Waals surface area contributed by atoms with Gasteiger partial charge in [-0.25, -0.2) is 19.1 Å². The highest BCUT2D eigenvalue weighted by Gasteiger charge is 2.20. The number of carbonyl (C=O) groups excluding carboxylic acids is 1. The molecule has 2 aromatic rings. The van der Waals surface area contributed by atoms with Crippen molar-refractivity contribution < 1.29 is 18.7 Å². The molecule has 2 rings (SSSR count). The summed E-state index contributed by atoms with van der Waals surface area (Å²) in [7, 11) is 3.16. The molecule has 0 bridgehead atoms. The smallest absolute Gasteiger partial charge is 0.327 e. The molecular weight excluding hydrogens is 353 g/mol. The van der Waals surface area contributed by atoms with Crippen molar-refractivity contribution in [1.82, 2.24) is 15.3 Å². The van der Waals surface area contributed by atoms with E-state index in [1.165, 1.54) is 29.2 Å². The molecule has 9 heteroatoms. The minimum atomic E-state index is -0.409. The van der Waals surface area contributed by atoms with E-state index >= 15 is 0 Å². The van der Waals surface area contributed by atoms with Gasteiger partial charge in [0.15, 0.2) is 0 Å². The van der Waals surface area contributed by atoms with E-state index in [2.05, 4.69) is 20.6 Å². The van der Waals surface area contributed by atoms with Gasteiger partial charge in [-0.2, -0.15) is 4.98 Å². The Balaban J connectivity index is 2.29. The lowest BCUT2D eigenvalue weighted by Crippen LogP contribution is -2.39. The Morgan fingerprint density at radius 1 is 1.22 bits per heavy atom. The molecule has 1 heterocycles. The molecule has 1 unspecified atom stereocenters.